The van der Waals surface area contributed by atoms with E-state index in [0.717, 1.165) is 0 Å². The lowest BCUT2D eigenvalue weighted by Crippen LogP contribution is -2.54. The molecule has 0 N–H and O–H groups in total. The Labute approximate surface area is 272 Å². The van der Waals surface area contributed by atoms with E-state index in [-0.39, 0.29) is 11.0 Å². The summed E-state index contributed by atoms with van der Waals surface area (Å²) < 4.78 is 0. The molecule has 1 nitrogen and oxygen atoms in total. The van der Waals surface area contributed by atoms with Crippen LogP contribution in [0.3, 0.4) is 0 Å². The second-order valence-electron chi connectivity index (χ2n) is 14.0. The molecule has 2 unspecified atom stereocenters. The Morgan fingerprint density at radius 3 is 1.74 bits per heavy atom. The summed E-state index contributed by atoms with van der Waals surface area (Å²) in [6, 6.07) is 50.0. The molecule has 7 aromatic carbocycles. The summed E-state index contributed by atoms with van der Waals surface area (Å²) >= 11 is 0. The zero-order valence-corrected chi connectivity index (χ0v) is 27.0. The molecule has 7 aromatic rings. The van der Waals surface area contributed by atoms with Gasteiger partial charge in [0.05, 0.1) is 5.54 Å². The number of aryl methyl sites for hydroxylation is 1. The molecule has 2 aliphatic rings. The predicted octanol–water partition coefficient (Wildman–Crippen LogP) is 12.5. The average molecular weight is 594 g/mol. The van der Waals surface area contributed by atoms with E-state index < -0.39 is 0 Å². The second kappa shape index (κ2) is 10.1. The number of rotatable bonds is 3. The number of hydrogen-bond donors (Lipinski definition) is 0. The zero-order valence-electron chi connectivity index (χ0n) is 27.0. The first-order chi connectivity index (χ1) is 22.5. The normalized spacial score (nSPS) is 20.7. The van der Waals surface area contributed by atoms with Crippen LogP contribution in [0.1, 0.15) is 50.7 Å². The van der Waals surface area contributed by atoms with Crippen LogP contribution in [0.15, 0.2) is 133 Å². The molecule has 0 amide bonds. The van der Waals surface area contributed by atoms with Crippen molar-refractivity contribution in [1.29, 1.82) is 0 Å². The zero-order chi connectivity index (χ0) is 31.0. The van der Waals surface area contributed by atoms with Crippen LogP contribution < -0.4 is 4.90 Å². The van der Waals surface area contributed by atoms with Crippen LogP contribution in [0.4, 0.5) is 11.4 Å². The van der Waals surface area contributed by atoms with Crippen LogP contribution in [-0.2, 0) is 5.41 Å². The Balaban J connectivity index is 1.36. The van der Waals surface area contributed by atoms with E-state index >= 15 is 0 Å². The van der Waals surface area contributed by atoms with Crippen LogP contribution in [0.25, 0.3) is 54.6 Å². The molecule has 1 fully saturated rings. The van der Waals surface area contributed by atoms with Crippen molar-refractivity contribution >= 4 is 43.7 Å². The van der Waals surface area contributed by atoms with Crippen LogP contribution >= 0.6 is 0 Å². The molecule has 1 aliphatic heterocycles. The number of nitrogens with zero attached hydrogens (tertiary/aromatic N) is 1. The first-order valence-corrected chi connectivity index (χ1v) is 16.9. The molecule has 0 radical (unpaired) electrons. The molecular weight excluding hydrogens is 555 g/mol. The van der Waals surface area contributed by atoms with Gasteiger partial charge in [0.25, 0.3) is 0 Å². The summed E-state index contributed by atoms with van der Waals surface area (Å²) in [5, 5.41) is 7.84. The molecule has 0 bridgehead atoms. The SMILES string of the molecule is Cc1cc2c(cc1-c1c3ccccc3c(-c3cccc4ccccc34)c3ccccc13)C1(C)CCCCC1(C)N2c1ccccc1. The lowest BCUT2D eigenvalue weighted by molar-refractivity contribution is 0.195. The fourth-order valence-corrected chi connectivity index (χ4v) is 9.28. The van der Waals surface area contributed by atoms with E-state index in [2.05, 4.69) is 159 Å². The highest BCUT2D eigenvalue weighted by atomic mass is 15.3. The van der Waals surface area contributed by atoms with E-state index in [4.69, 9.17) is 0 Å². The van der Waals surface area contributed by atoms with Crippen molar-refractivity contribution in [3.05, 3.63) is 145 Å². The van der Waals surface area contributed by atoms with Crippen LogP contribution in [0.5, 0.6) is 0 Å². The van der Waals surface area contributed by atoms with Crippen LogP contribution in [0, 0.1) is 6.92 Å². The van der Waals surface area contributed by atoms with Gasteiger partial charge >= 0.3 is 0 Å². The smallest absolute Gasteiger partial charge is 0.0517 e. The molecule has 2 atom stereocenters. The fourth-order valence-electron chi connectivity index (χ4n) is 9.28. The van der Waals surface area contributed by atoms with Gasteiger partial charge in [0, 0.05) is 16.8 Å². The largest absolute Gasteiger partial charge is 0.334 e. The second-order valence-corrected chi connectivity index (χ2v) is 14.0. The molecule has 1 heteroatoms. The molecule has 1 heterocycles. The lowest BCUT2D eigenvalue weighted by Gasteiger charge is -2.50. The fraction of sp³-hybridized carbons (Fsp3) is 0.200. The van der Waals surface area contributed by atoms with Gasteiger partial charge in [-0.15, -0.1) is 0 Å². The minimum atomic E-state index is 0.0301. The number of anilines is 2. The quantitative estimate of drug-likeness (QED) is 0.184. The molecule has 46 heavy (non-hydrogen) atoms. The van der Waals surface area contributed by atoms with Crippen molar-refractivity contribution in [1.82, 2.24) is 0 Å². The molecular formula is C45H39N. The van der Waals surface area contributed by atoms with Gasteiger partial charge in [-0.05, 0) is 117 Å². The van der Waals surface area contributed by atoms with E-state index in [9.17, 15) is 0 Å². The van der Waals surface area contributed by atoms with E-state index in [1.165, 1.54) is 103 Å². The third-order valence-electron chi connectivity index (χ3n) is 11.7. The summed E-state index contributed by atoms with van der Waals surface area (Å²) in [6.45, 7) is 7.40. The lowest BCUT2D eigenvalue weighted by atomic mass is 9.61. The number of hydrogen-bond acceptors (Lipinski definition) is 1. The summed E-state index contributed by atoms with van der Waals surface area (Å²) in [5.41, 5.74) is 11.0. The Kier molecular flexibility index (Phi) is 6.00. The molecule has 0 spiro atoms. The highest BCUT2D eigenvalue weighted by Gasteiger charge is 2.57. The van der Waals surface area contributed by atoms with Crippen LogP contribution in [0.2, 0.25) is 0 Å². The predicted molar refractivity (Wildman–Crippen MR) is 197 cm³/mol. The van der Waals surface area contributed by atoms with Gasteiger partial charge in [0.15, 0.2) is 0 Å². The molecule has 0 saturated heterocycles. The van der Waals surface area contributed by atoms with Crippen molar-refractivity contribution in [2.75, 3.05) is 4.90 Å². The summed E-state index contributed by atoms with van der Waals surface area (Å²) in [6.07, 6.45) is 4.97. The number of fused-ring (bicyclic) bond motifs is 6. The Morgan fingerprint density at radius 1 is 0.522 bits per heavy atom. The maximum Gasteiger partial charge on any atom is 0.0517 e. The standard InChI is InChI=1S/C45H39N/c1-30-28-41-40(44(2)26-13-14-27-45(44,3)46(41)32-18-5-4-6-19-32)29-39(30)43-37-23-11-9-21-35(37)42(36-22-10-12-24-38(36)43)34-25-15-17-31-16-7-8-20-33(31)34/h4-12,15-25,28-29H,13-14,26-27H2,1-3H3. The summed E-state index contributed by atoms with van der Waals surface area (Å²) in [7, 11) is 0. The first kappa shape index (κ1) is 27.4. The van der Waals surface area contributed by atoms with E-state index in [0.29, 0.717) is 0 Å². The van der Waals surface area contributed by atoms with Crippen molar-refractivity contribution in [2.45, 2.75) is 57.4 Å². The Morgan fingerprint density at radius 2 is 1.07 bits per heavy atom. The minimum Gasteiger partial charge on any atom is -0.334 e. The van der Waals surface area contributed by atoms with Gasteiger partial charge in [0.2, 0.25) is 0 Å². The topological polar surface area (TPSA) is 3.24 Å². The first-order valence-electron chi connectivity index (χ1n) is 16.9. The van der Waals surface area contributed by atoms with Gasteiger partial charge < -0.3 is 4.90 Å². The van der Waals surface area contributed by atoms with Gasteiger partial charge in [-0.2, -0.15) is 0 Å². The van der Waals surface area contributed by atoms with Gasteiger partial charge in [0.1, 0.15) is 0 Å². The Hall–Kier alpha value is -4.88. The van der Waals surface area contributed by atoms with Gasteiger partial charge in [-0.25, -0.2) is 0 Å². The van der Waals surface area contributed by atoms with Gasteiger partial charge in [-0.3, -0.25) is 0 Å². The maximum atomic E-state index is 2.69. The third-order valence-corrected chi connectivity index (χ3v) is 11.7. The summed E-state index contributed by atoms with van der Waals surface area (Å²) in [4.78, 5) is 2.69. The average Bonchev–Trinajstić information content (AvgIpc) is 3.29. The van der Waals surface area contributed by atoms with Crippen LogP contribution in [-0.4, -0.2) is 5.54 Å². The van der Waals surface area contributed by atoms with E-state index in [1.807, 2.05) is 0 Å². The van der Waals surface area contributed by atoms with Crippen molar-refractivity contribution < 1.29 is 0 Å². The van der Waals surface area contributed by atoms with Crippen molar-refractivity contribution in [3.8, 4) is 22.3 Å². The highest BCUT2D eigenvalue weighted by molar-refractivity contribution is 6.23. The van der Waals surface area contributed by atoms with Gasteiger partial charge in [-0.1, -0.05) is 129 Å². The molecule has 1 saturated carbocycles. The molecule has 9 rings (SSSR count). The van der Waals surface area contributed by atoms with E-state index in [1.54, 1.807) is 0 Å². The number of para-hydroxylation sites is 1. The molecule has 0 aromatic heterocycles. The highest BCUT2D eigenvalue weighted by Crippen LogP contribution is 2.62. The Bertz CT molecular complexity index is 2250. The number of benzene rings is 7. The summed E-state index contributed by atoms with van der Waals surface area (Å²) in [5.74, 6) is 0. The monoisotopic (exact) mass is 593 g/mol. The molecule has 224 valence electrons. The minimum absolute atomic E-state index is 0.0301. The third kappa shape index (κ3) is 3.69. The maximum absolute atomic E-state index is 2.69. The molecule has 1 aliphatic carbocycles. The van der Waals surface area contributed by atoms with Crippen molar-refractivity contribution in [3.63, 3.8) is 0 Å². The van der Waals surface area contributed by atoms with Crippen molar-refractivity contribution in [2.24, 2.45) is 0 Å².